The Kier molecular flexibility index (Phi) is 5.32. The van der Waals surface area contributed by atoms with Crippen LogP contribution in [0.25, 0.3) is 0 Å². The first-order valence-corrected chi connectivity index (χ1v) is 5.27. The SMILES string of the molecule is COC(=O)C(N)CNCC(=O)c1ccccc1. The van der Waals surface area contributed by atoms with Crippen LogP contribution in [-0.2, 0) is 9.53 Å². The number of benzene rings is 1. The van der Waals surface area contributed by atoms with Crippen molar-refractivity contribution in [3.63, 3.8) is 0 Å². The van der Waals surface area contributed by atoms with Gasteiger partial charge in [-0.1, -0.05) is 30.3 Å². The third-order valence-electron chi connectivity index (χ3n) is 2.25. The molecule has 1 atom stereocenters. The summed E-state index contributed by atoms with van der Waals surface area (Å²) in [5.41, 5.74) is 6.14. The molecule has 0 aliphatic rings. The number of carbonyl (C=O) groups is 2. The molecule has 1 unspecified atom stereocenters. The van der Waals surface area contributed by atoms with Gasteiger partial charge >= 0.3 is 5.97 Å². The monoisotopic (exact) mass is 236 g/mol. The molecule has 0 aliphatic heterocycles. The summed E-state index contributed by atoms with van der Waals surface area (Å²) in [7, 11) is 1.28. The molecule has 5 heteroatoms. The molecule has 0 saturated carbocycles. The molecule has 5 nitrogen and oxygen atoms in total. The van der Waals surface area contributed by atoms with E-state index in [0.29, 0.717) is 5.56 Å². The summed E-state index contributed by atoms with van der Waals surface area (Å²) in [5.74, 6) is -0.535. The minimum absolute atomic E-state index is 0.0392. The van der Waals surface area contributed by atoms with Crippen LogP contribution in [0.3, 0.4) is 0 Å². The highest BCUT2D eigenvalue weighted by atomic mass is 16.5. The van der Waals surface area contributed by atoms with Crippen LogP contribution in [0.15, 0.2) is 30.3 Å². The zero-order valence-corrected chi connectivity index (χ0v) is 9.68. The molecule has 0 fully saturated rings. The van der Waals surface area contributed by atoms with Gasteiger partial charge in [0.1, 0.15) is 6.04 Å². The van der Waals surface area contributed by atoms with E-state index in [2.05, 4.69) is 10.1 Å². The molecular formula is C12H16N2O3. The maximum absolute atomic E-state index is 11.6. The fraction of sp³-hybridized carbons (Fsp3) is 0.333. The molecule has 1 aromatic carbocycles. The van der Waals surface area contributed by atoms with Crippen molar-refractivity contribution < 1.29 is 14.3 Å². The standard InChI is InChI=1S/C12H16N2O3/c1-17-12(16)10(13)7-14-8-11(15)9-5-3-2-4-6-9/h2-6,10,14H,7-8,13H2,1H3. The van der Waals surface area contributed by atoms with Gasteiger partial charge in [-0.15, -0.1) is 0 Å². The van der Waals surface area contributed by atoms with E-state index in [0.717, 1.165) is 0 Å². The van der Waals surface area contributed by atoms with E-state index >= 15 is 0 Å². The van der Waals surface area contributed by atoms with Gasteiger partial charge in [0.2, 0.25) is 0 Å². The third kappa shape index (κ3) is 4.34. The average molecular weight is 236 g/mol. The highest BCUT2D eigenvalue weighted by molar-refractivity contribution is 5.97. The van der Waals surface area contributed by atoms with Crippen LogP contribution in [0.5, 0.6) is 0 Å². The Balaban J connectivity index is 2.32. The first-order chi connectivity index (χ1) is 8.15. The molecule has 0 amide bonds. The Labute approximate surface area is 99.9 Å². The molecule has 0 radical (unpaired) electrons. The second-order valence-electron chi connectivity index (χ2n) is 3.55. The lowest BCUT2D eigenvalue weighted by Crippen LogP contribution is -2.42. The average Bonchev–Trinajstić information content (AvgIpc) is 2.38. The highest BCUT2D eigenvalue weighted by Gasteiger charge is 2.13. The number of ketones is 1. The molecule has 17 heavy (non-hydrogen) atoms. The van der Waals surface area contributed by atoms with E-state index in [1.54, 1.807) is 24.3 Å². The second-order valence-corrected chi connectivity index (χ2v) is 3.55. The van der Waals surface area contributed by atoms with Crippen LogP contribution < -0.4 is 11.1 Å². The molecule has 1 aromatic rings. The van der Waals surface area contributed by atoms with Crippen molar-refractivity contribution in [2.75, 3.05) is 20.2 Å². The van der Waals surface area contributed by atoms with Crippen molar-refractivity contribution in [1.82, 2.24) is 5.32 Å². The largest absolute Gasteiger partial charge is 0.468 e. The van der Waals surface area contributed by atoms with Crippen LogP contribution in [0.2, 0.25) is 0 Å². The number of hydrogen-bond acceptors (Lipinski definition) is 5. The van der Waals surface area contributed by atoms with Crippen molar-refractivity contribution >= 4 is 11.8 Å². The number of esters is 1. The van der Waals surface area contributed by atoms with Crippen molar-refractivity contribution in [2.45, 2.75) is 6.04 Å². The lowest BCUT2D eigenvalue weighted by molar-refractivity contribution is -0.142. The maximum atomic E-state index is 11.6. The van der Waals surface area contributed by atoms with Gasteiger partial charge in [0.05, 0.1) is 13.7 Å². The summed E-state index contributed by atoms with van der Waals surface area (Å²) in [6.07, 6.45) is 0. The summed E-state index contributed by atoms with van der Waals surface area (Å²) in [4.78, 5) is 22.6. The van der Waals surface area contributed by atoms with Gasteiger partial charge in [-0.25, -0.2) is 0 Å². The van der Waals surface area contributed by atoms with E-state index in [1.807, 2.05) is 6.07 Å². The maximum Gasteiger partial charge on any atom is 0.323 e. The van der Waals surface area contributed by atoms with Crippen LogP contribution in [0, 0.1) is 0 Å². The highest BCUT2D eigenvalue weighted by Crippen LogP contribution is 1.98. The van der Waals surface area contributed by atoms with Crippen molar-refractivity contribution in [1.29, 1.82) is 0 Å². The Morgan fingerprint density at radius 1 is 1.35 bits per heavy atom. The van der Waals surface area contributed by atoms with Crippen molar-refractivity contribution in [2.24, 2.45) is 5.73 Å². The van der Waals surface area contributed by atoms with Gasteiger partial charge in [0.15, 0.2) is 5.78 Å². The molecule has 0 saturated heterocycles. The van der Waals surface area contributed by atoms with Crippen LogP contribution >= 0.6 is 0 Å². The summed E-state index contributed by atoms with van der Waals surface area (Å²) >= 11 is 0. The van der Waals surface area contributed by atoms with Gasteiger partial charge < -0.3 is 15.8 Å². The number of rotatable bonds is 6. The van der Waals surface area contributed by atoms with E-state index in [4.69, 9.17) is 5.73 Å². The Morgan fingerprint density at radius 3 is 2.59 bits per heavy atom. The molecule has 0 heterocycles. The summed E-state index contributed by atoms with van der Waals surface area (Å²) in [6.45, 7) is 0.361. The van der Waals surface area contributed by atoms with Gasteiger partial charge in [0.25, 0.3) is 0 Å². The number of Topliss-reactive ketones (excluding diaryl/α,β-unsaturated/α-hetero) is 1. The smallest absolute Gasteiger partial charge is 0.323 e. The lowest BCUT2D eigenvalue weighted by atomic mass is 10.1. The van der Waals surface area contributed by atoms with Crippen LogP contribution in [0.1, 0.15) is 10.4 Å². The molecule has 92 valence electrons. The fourth-order valence-electron chi connectivity index (χ4n) is 1.30. The van der Waals surface area contributed by atoms with E-state index in [1.165, 1.54) is 7.11 Å². The number of nitrogens with two attached hydrogens (primary N) is 1. The summed E-state index contributed by atoms with van der Waals surface area (Å²) < 4.78 is 4.47. The molecule has 3 N–H and O–H groups in total. The Morgan fingerprint density at radius 2 is 2.00 bits per heavy atom. The number of nitrogens with one attached hydrogen (secondary N) is 1. The Hall–Kier alpha value is -1.72. The Bertz CT molecular complexity index is 379. The first-order valence-electron chi connectivity index (χ1n) is 5.27. The topological polar surface area (TPSA) is 81.4 Å². The fourth-order valence-corrected chi connectivity index (χ4v) is 1.30. The second kappa shape index (κ2) is 6.78. The van der Waals surface area contributed by atoms with Gasteiger partial charge in [-0.3, -0.25) is 9.59 Å². The minimum Gasteiger partial charge on any atom is -0.468 e. The summed E-state index contributed by atoms with van der Waals surface area (Å²) in [6, 6.07) is 8.18. The van der Waals surface area contributed by atoms with Crippen LogP contribution in [0.4, 0.5) is 0 Å². The van der Waals surface area contributed by atoms with E-state index < -0.39 is 12.0 Å². The predicted octanol–water partition coefficient (Wildman–Crippen LogP) is -0.0408. The van der Waals surface area contributed by atoms with Crippen molar-refractivity contribution in [3.8, 4) is 0 Å². The van der Waals surface area contributed by atoms with E-state index in [9.17, 15) is 9.59 Å². The van der Waals surface area contributed by atoms with Crippen LogP contribution in [-0.4, -0.2) is 38.0 Å². The molecule has 0 aromatic heterocycles. The minimum atomic E-state index is -0.747. The first kappa shape index (κ1) is 13.3. The number of hydrogen-bond donors (Lipinski definition) is 2. The number of carbonyl (C=O) groups excluding carboxylic acids is 2. The third-order valence-corrected chi connectivity index (χ3v) is 2.25. The lowest BCUT2D eigenvalue weighted by Gasteiger charge is -2.09. The van der Waals surface area contributed by atoms with Gasteiger partial charge in [-0.05, 0) is 0 Å². The number of ether oxygens (including phenoxy) is 1. The summed E-state index contributed by atoms with van der Waals surface area (Å²) in [5, 5.41) is 2.82. The molecule has 0 spiro atoms. The quantitative estimate of drug-likeness (QED) is 0.535. The molecule has 0 bridgehead atoms. The van der Waals surface area contributed by atoms with Gasteiger partial charge in [0, 0.05) is 12.1 Å². The number of methoxy groups -OCH3 is 1. The van der Waals surface area contributed by atoms with Crippen molar-refractivity contribution in [3.05, 3.63) is 35.9 Å². The zero-order chi connectivity index (χ0) is 12.7. The van der Waals surface area contributed by atoms with Gasteiger partial charge in [-0.2, -0.15) is 0 Å². The molecular weight excluding hydrogens is 220 g/mol. The zero-order valence-electron chi connectivity index (χ0n) is 9.68. The van der Waals surface area contributed by atoms with E-state index in [-0.39, 0.29) is 18.9 Å². The molecule has 0 aliphatic carbocycles. The normalized spacial score (nSPS) is 11.9. The predicted molar refractivity (Wildman–Crippen MR) is 63.6 cm³/mol. The molecule has 1 rings (SSSR count).